The quantitative estimate of drug-likeness (QED) is 0.270. The van der Waals surface area contributed by atoms with Crippen LogP contribution in [0.5, 0.6) is 0 Å². The number of nitrogens with one attached hydrogen (secondary N) is 2. The average Bonchev–Trinajstić information content (AvgIpc) is 3.63. The summed E-state index contributed by atoms with van der Waals surface area (Å²) >= 11 is 1.09. The Morgan fingerprint density at radius 3 is 2.78 bits per heavy atom. The van der Waals surface area contributed by atoms with Gasteiger partial charge in [-0.15, -0.1) is 11.3 Å². The number of aromatic nitrogens is 4. The molecule has 0 spiro atoms. The largest absolute Gasteiger partial charge is 0.397 e. The van der Waals surface area contributed by atoms with Gasteiger partial charge in [-0.05, 0) is 22.4 Å². The predicted octanol–water partition coefficient (Wildman–Crippen LogP) is 4.00. The zero-order chi connectivity index (χ0) is 24.8. The third-order valence-electron chi connectivity index (χ3n) is 5.81. The lowest BCUT2D eigenvalue weighted by Crippen LogP contribution is -2.31. The molecule has 6 aromatic rings. The van der Waals surface area contributed by atoms with Crippen molar-refractivity contribution in [1.82, 2.24) is 15.2 Å². The number of H-pyrrole nitrogens is 1. The van der Waals surface area contributed by atoms with E-state index in [2.05, 4.69) is 26.6 Å². The van der Waals surface area contributed by atoms with Gasteiger partial charge in [-0.25, -0.2) is 4.98 Å². The highest BCUT2D eigenvalue weighted by Crippen LogP contribution is 2.44. The van der Waals surface area contributed by atoms with Crippen LogP contribution in [0.3, 0.4) is 0 Å². The molecule has 4 aromatic heterocycles. The minimum atomic E-state index is -0.491. The van der Waals surface area contributed by atoms with Crippen molar-refractivity contribution in [2.45, 2.75) is 0 Å². The van der Waals surface area contributed by atoms with Crippen LogP contribution in [0.2, 0.25) is 0 Å². The molecule has 36 heavy (non-hydrogen) atoms. The Hall–Kier alpha value is -5.21. The fraction of sp³-hybridized carbons (Fsp3) is 0. The fourth-order valence-corrected chi connectivity index (χ4v) is 5.20. The van der Waals surface area contributed by atoms with E-state index >= 15 is 0 Å². The summed E-state index contributed by atoms with van der Waals surface area (Å²) in [6, 6.07) is 19.1. The van der Waals surface area contributed by atoms with Crippen LogP contribution in [0.15, 0.2) is 71.5 Å². The molecule has 0 aliphatic heterocycles. The Kier molecular flexibility index (Phi) is 4.87. The molecule has 0 bridgehead atoms. The number of para-hydroxylation sites is 1. The summed E-state index contributed by atoms with van der Waals surface area (Å²) < 4.78 is 6.78. The van der Waals surface area contributed by atoms with Crippen LogP contribution >= 0.6 is 11.3 Å². The molecule has 0 fully saturated rings. The van der Waals surface area contributed by atoms with Crippen LogP contribution in [0.4, 0.5) is 17.4 Å². The molecular weight excluding hydrogens is 476 g/mol. The number of nitrogens with zero attached hydrogens (tertiary/aromatic N) is 4. The molecule has 0 saturated heterocycles. The number of amides is 1. The number of anilines is 3. The van der Waals surface area contributed by atoms with E-state index in [0.29, 0.717) is 15.8 Å². The van der Waals surface area contributed by atoms with Gasteiger partial charge in [0.25, 0.3) is 12.1 Å². The van der Waals surface area contributed by atoms with E-state index in [1.807, 2.05) is 60.8 Å². The second kappa shape index (κ2) is 8.23. The number of nitriles is 1. The molecule has 174 valence electrons. The summed E-state index contributed by atoms with van der Waals surface area (Å²) in [7, 11) is 0. The number of hydrogen-bond acceptors (Lipinski definition) is 8. The van der Waals surface area contributed by atoms with E-state index in [0.717, 1.165) is 33.5 Å². The summed E-state index contributed by atoms with van der Waals surface area (Å²) in [4.78, 5) is 21.4. The monoisotopic (exact) mass is 493 g/mol. The number of thiophene rings is 1. The zero-order valence-corrected chi connectivity index (χ0v) is 19.3. The van der Waals surface area contributed by atoms with Crippen LogP contribution in [0, 0.1) is 11.3 Å². The van der Waals surface area contributed by atoms with E-state index in [9.17, 15) is 10.1 Å². The average molecular weight is 494 g/mol. The summed E-state index contributed by atoms with van der Waals surface area (Å²) in [6.45, 7) is 0. The lowest BCUT2D eigenvalue weighted by molar-refractivity contribution is -0.670. The SMILES string of the molecule is N#Cc1c(N)nc2sc(C(=O)Nc3c[n+](-c4ccccc4)no3)c(N)c2c1-c1cccc2[nH]ccc12. The highest BCUT2D eigenvalue weighted by atomic mass is 32.1. The standard InChI is InChI=1S/C25H16N8O2S/c26-11-16-19(15-7-4-8-17-14(15)9-10-29-17)20-21(27)22(36-25(20)31-23(16)28)24(34)30-18-12-33(32-35-18)13-5-2-1-3-6-13/h1-10,12H,(H5-,27,28,29,30,31,32,34)/p+1. The third-order valence-corrected chi connectivity index (χ3v) is 6.91. The Labute approximate surface area is 207 Å². The smallest absolute Gasteiger partial charge is 0.303 e. The Morgan fingerprint density at radius 1 is 1.14 bits per heavy atom. The lowest BCUT2D eigenvalue weighted by atomic mass is 9.94. The normalized spacial score (nSPS) is 11.1. The number of pyridine rings is 1. The topological polar surface area (TPSA) is 164 Å². The minimum Gasteiger partial charge on any atom is -0.397 e. The fourth-order valence-electron chi connectivity index (χ4n) is 4.20. The van der Waals surface area contributed by atoms with Gasteiger partial charge in [-0.3, -0.25) is 14.6 Å². The van der Waals surface area contributed by atoms with Gasteiger partial charge in [-0.2, -0.15) is 5.26 Å². The summed E-state index contributed by atoms with van der Waals surface area (Å²) in [6.07, 6.45) is 3.37. The van der Waals surface area contributed by atoms with Crippen molar-refractivity contribution in [3.63, 3.8) is 0 Å². The maximum absolute atomic E-state index is 13.2. The van der Waals surface area contributed by atoms with E-state index in [4.69, 9.17) is 16.0 Å². The van der Waals surface area contributed by atoms with Crippen LogP contribution in [0.25, 0.3) is 37.9 Å². The first-order chi connectivity index (χ1) is 17.5. The minimum absolute atomic E-state index is 0.0693. The zero-order valence-electron chi connectivity index (χ0n) is 18.5. The number of aromatic amines is 1. The summed E-state index contributed by atoms with van der Waals surface area (Å²) in [5.41, 5.74) is 16.1. The van der Waals surface area contributed by atoms with Gasteiger partial charge in [0.15, 0.2) is 0 Å². The molecule has 0 unspecified atom stereocenters. The second-order valence-electron chi connectivity index (χ2n) is 7.93. The first-order valence-corrected chi connectivity index (χ1v) is 11.6. The van der Waals surface area contributed by atoms with Crippen LogP contribution < -0.4 is 21.5 Å². The van der Waals surface area contributed by atoms with E-state index in [1.165, 1.54) is 4.68 Å². The van der Waals surface area contributed by atoms with E-state index in [1.54, 1.807) is 6.20 Å². The number of hydrogen-bond donors (Lipinski definition) is 4. The molecule has 10 nitrogen and oxygen atoms in total. The van der Waals surface area contributed by atoms with Gasteiger partial charge in [-0.1, -0.05) is 30.3 Å². The molecule has 11 heteroatoms. The molecule has 4 heterocycles. The van der Waals surface area contributed by atoms with Gasteiger partial charge in [0.1, 0.15) is 27.2 Å². The summed E-state index contributed by atoms with van der Waals surface area (Å²) in [5, 5.41) is 18.0. The van der Waals surface area contributed by atoms with Gasteiger partial charge in [0, 0.05) is 40.2 Å². The van der Waals surface area contributed by atoms with E-state index < -0.39 is 5.91 Å². The number of carbonyl (C=O) groups is 1. The molecule has 6 N–H and O–H groups in total. The number of benzene rings is 2. The third kappa shape index (κ3) is 3.32. The van der Waals surface area contributed by atoms with E-state index in [-0.39, 0.29) is 27.8 Å². The molecule has 0 aliphatic carbocycles. The predicted molar refractivity (Wildman–Crippen MR) is 136 cm³/mol. The number of rotatable bonds is 4. The highest BCUT2D eigenvalue weighted by Gasteiger charge is 2.26. The van der Waals surface area contributed by atoms with Crippen LogP contribution in [0.1, 0.15) is 15.2 Å². The number of fused-ring (bicyclic) bond motifs is 2. The molecule has 1 amide bonds. The Morgan fingerprint density at radius 2 is 1.97 bits per heavy atom. The first-order valence-electron chi connectivity index (χ1n) is 10.8. The molecule has 0 atom stereocenters. The number of nitrogens with two attached hydrogens (primary N) is 2. The molecular formula is C25H17N8O2S+. The van der Waals surface area contributed by atoms with Crippen molar-refractivity contribution in [2.75, 3.05) is 16.8 Å². The van der Waals surface area contributed by atoms with Crippen molar-refractivity contribution in [2.24, 2.45) is 0 Å². The van der Waals surface area contributed by atoms with Gasteiger partial charge >= 0.3 is 5.88 Å². The molecule has 0 saturated carbocycles. The maximum Gasteiger partial charge on any atom is 0.303 e. The molecule has 6 rings (SSSR count). The Bertz CT molecular complexity index is 1830. The summed E-state index contributed by atoms with van der Waals surface area (Å²) in [5.74, 6) is -0.280. The van der Waals surface area contributed by atoms with Gasteiger partial charge in [0.05, 0.1) is 5.69 Å². The van der Waals surface area contributed by atoms with Gasteiger partial charge < -0.3 is 16.5 Å². The first kappa shape index (κ1) is 21.3. The molecule has 0 radical (unpaired) electrons. The molecule has 2 aromatic carbocycles. The van der Waals surface area contributed by atoms with Crippen molar-refractivity contribution >= 4 is 55.8 Å². The lowest BCUT2D eigenvalue weighted by Gasteiger charge is -2.11. The van der Waals surface area contributed by atoms with Crippen LogP contribution in [-0.2, 0) is 0 Å². The van der Waals surface area contributed by atoms with Crippen molar-refractivity contribution < 1.29 is 14.0 Å². The van der Waals surface area contributed by atoms with Crippen LogP contribution in [-0.4, -0.2) is 21.1 Å². The van der Waals surface area contributed by atoms with Crippen molar-refractivity contribution in [3.05, 3.63) is 77.4 Å². The van der Waals surface area contributed by atoms with Crippen molar-refractivity contribution in [3.8, 4) is 22.9 Å². The maximum atomic E-state index is 13.2. The van der Waals surface area contributed by atoms with Crippen molar-refractivity contribution in [1.29, 1.82) is 5.26 Å². The second-order valence-corrected chi connectivity index (χ2v) is 8.93. The van der Waals surface area contributed by atoms with Gasteiger partial charge in [0.2, 0.25) is 11.0 Å². The highest BCUT2D eigenvalue weighted by molar-refractivity contribution is 7.21. The number of nitrogen functional groups attached to an aromatic ring is 2. The number of carbonyl (C=O) groups excluding carboxylic acids is 1. The molecule has 0 aliphatic rings. The Balaban J connectivity index is 1.46.